The predicted octanol–water partition coefficient (Wildman–Crippen LogP) is 5.85. The molecule has 2 atom stereocenters. The molecular formula is C28H36FN3O2. The number of carbonyl (C=O) groups is 2. The molecule has 2 saturated carbocycles. The van der Waals surface area contributed by atoms with Crippen molar-refractivity contribution in [3.8, 4) is 0 Å². The Hall–Kier alpha value is -2.73. The van der Waals surface area contributed by atoms with Gasteiger partial charge in [-0.2, -0.15) is 0 Å². The molecule has 0 spiro atoms. The van der Waals surface area contributed by atoms with Crippen molar-refractivity contribution in [3.05, 3.63) is 65.5 Å². The van der Waals surface area contributed by atoms with Crippen LogP contribution in [0.1, 0.15) is 74.2 Å². The third-order valence-electron chi connectivity index (χ3n) is 7.34. The van der Waals surface area contributed by atoms with Crippen molar-refractivity contribution in [2.24, 2.45) is 5.92 Å². The molecule has 3 N–H and O–H groups in total. The van der Waals surface area contributed by atoms with E-state index in [1.54, 1.807) is 36.4 Å². The van der Waals surface area contributed by atoms with Gasteiger partial charge in [-0.05, 0) is 87.6 Å². The predicted molar refractivity (Wildman–Crippen MR) is 134 cm³/mol. The fourth-order valence-corrected chi connectivity index (χ4v) is 5.44. The van der Waals surface area contributed by atoms with Gasteiger partial charge in [-0.15, -0.1) is 0 Å². The first-order valence-electron chi connectivity index (χ1n) is 12.7. The maximum absolute atomic E-state index is 13.2. The molecule has 2 aliphatic rings. The lowest BCUT2D eigenvalue weighted by molar-refractivity contribution is 0.101. The minimum absolute atomic E-state index is 0.0204. The van der Waals surface area contributed by atoms with Crippen LogP contribution in [0.5, 0.6) is 0 Å². The van der Waals surface area contributed by atoms with E-state index in [2.05, 4.69) is 16.0 Å². The molecule has 2 amide bonds. The highest BCUT2D eigenvalue weighted by atomic mass is 19.1. The number of ketones is 1. The minimum Gasteiger partial charge on any atom is -0.334 e. The third kappa shape index (κ3) is 6.89. The number of carbonyl (C=O) groups excluding carboxylic acids is 2. The van der Waals surface area contributed by atoms with Crippen LogP contribution in [-0.4, -0.2) is 29.9 Å². The molecule has 0 unspecified atom stereocenters. The molecule has 2 aliphatic carbocycles. The molecule has 0 aromatic heterocycles. The normalized spacial score (nSPS) is 24.9. The molecular weight excluding hydrogens is 429 g/mol. The highest BCUT2D eigenvalue weighted by Gasteiger charge is 2.30. The van der Waals surface area contributed by atoms with Gasteiger partial charge in [0.25, 0.3) is 0 Å². The average Bonchev–Trinajstić information content (AvgIpc) is 2.83. The molecule has 0 bridgehead atoms. The van der Waals surface area contributed by atoms with E-state index in [-0.39, 0.29) is 29.7 Å². The number of halogens is 1. The summed E-state index contributed by atoms with van der Waals surface area (Å²) in [6, 6.07) is 14.6. The van der Waals surface area contributed by atoms with Crippen molar-refractivity contribution < 1.29 is 14.0 Å². The maximum atomic E-state index is 13.2. The van der Waals surface area contributed by atoms with Gasteiger partial charge in [0.2, 0.25) is 0 Å². The van der Waals surface area contributed by atoms with Gasteiger partial charge < -0.3 is 16.0 Å². The highest BCUT2D eigenvalue weighted by Crippen LogP contribution is 2.29. The van der Waals surface area contributed by atoms with E-state index < -0.39 is 0 Å². The first-order valence-corrected chi connectivity index (χ1v) is 12.7. The summed E-state index contributed by atoms with van der Waals surface area (Å²) >= 11 is 0. The summed E-state index contributed by atoms with van der Waals surface area (Å²) in [6.07, 6.45) is 9.98. The van der Waals surface area contributed by atoms with Crippen molar-refractivity contribution in [1.29, 1.82) is 0 Å². The lowest BCUT2D eigenvalue weighted by Crippen LogP contribution is -2.55. The van der Waals surface area contributed by atoms with Crippen LogP contribution < -0.4 is 16.0 Å². The number of rotatable bonds is 7. The monoisotopic (exact) mass is 465 g/mol. The van der Waals surface area contributed by atoms with Gasteiger partial charge in [0.1, 0.15) is 5.82 Å². The van der Waals surface area contributed by atoms with Crippen LogP contribution in [0.25, 0.3) is 0 Å². The molecule has 0 aliphatic heterocycles. The Morgan fingerprint density at radius 1 is 0.912 bits per heavy atom. The lowest BCUT2D eigenvalue weighted by atomic mass is 9.81. The van der Waals surface area contributed by atoms with Gasteiger partial charge in [0.15, 0.2) is 5.78 Å². The molecule has 4 rings (SSSR count). The lowest BCUT2D eigenvalue weighted by Gasteiger charge is -2.38. The number of Topliss-reactive ketones (excluding diaryl/α,β-unsaturated/α-hetero) is 1. The Bertz CT molecular complexity index is 970. The second kappa shape index (κ2) is 11.6. The van der Waals surface area contributed by atoms with Gasteiger partial charge in [-0.3, -0.25) is 4.79 Å². The quantitative estimate of drug-likeness (QED) is 0.449. The zero-order valence-corrected chi connectivity index (χ0v) is 20.0. The fraction of sp³-hybridized carbons (Fsp3) is 0.500. The topological polar surface area (TPSA) is 70.2 Å². The summed E-state index contributed by atoms with van der Waals surface area (Å²) in [5, 5.41) is 9.92. The largest absolute Gasteiger partial charge is 0.334 e. The SMILES string of the molecule is CC(=O)c1cccc(NC(=O)N[C@@H]2CCCC[C@H]2NC2CCC(Cc3ccc(F)cc3)CC2)c1. The molecule has 2 aromatic rings. The van der Waals surface area contributed by atoms with Crippen molar-refractivity contribution >= 4 is 17.5 Å². The van der Waals surface area contributed by atoms with Crippen LogP contribution in [0.4, 0.5) is 14.9 Å². The van der Waals surface area contributed by atoms with Crippen LogP contribution in [-0.2, 0) is 6.42 Å². The zero-order valence-electron chi connectivity index (χ0n) is 20.0. The van der Waals surface area contributed by atoms with Crippen LogP contribution in [0, 0.1) is 11.7 Å². The summed E-state index contributed by atoms with van der Waals surface area (Å²) in [5.74, 6) is 0.457. The molecule has 2 fully saturated rings. The van der Waals surface area contributed by atoms with Crippen LogP contribution in [0.15, 0.2) is 48.5 Å². The summed E-state index contributed by atoms with van der Waals surface area (Å²) in [4.78, 5) is 24.3. The molecule has 0 radical (unpaired) electrons. The fourth-order valence-electron chi connectivity index (χ4n) is 5.44. The van der Waals surface area contributed by atoms with E-state index in [9.17, 15) is 14.0 Å². The maximum Gasteiger partial charge on any atom is 0.319 e. The smallest absolute Gasteiger partial charge is 0.319 e. The van der Waals surface area contributed by atoms with Crippen LogP contribution in [0.2, 0.25) is 0 Å². The molecule has 2 aromatic carbocycles. The van der Waals surface area contributed by atoms with Gasteiger partial charge in [0.05, 0.1) is 0 Å². The van der Waals surface area contributed by atoms with Crippen LogP contribution in [0.3, 0.4) is 0 Å². The van der Waals surface area contributed by atoms with Crippen molar-refractivity contribution in [3.63, 3.8) is 0 Å². The first kappa shape index (κ1) is 24.4. The highest BCUT2D eigenvalue weighted by molar-refractivity contribution is 5.96. The second-order valence-electron chi connectivity index (χ2n) is 9.95. The zero-order chi connectivity index (χ0) is 23.9. The van der Waals surface area contributed by atoms with E-state index in [1.807, 2.05) is 12.1 Å². The van der Waals surface area contributed by atoms with E-state index in [0.717, 1.165) is 38.5 Å². The summed E-state index contributed by atoms with van der Waals surface area (Å²) in [7, 11) is 0. The number of hydrogen-bond donors (Lipinski definition) is 3. The Morgan fingerprint density at radius 3 is 2.32 bits per heavy atom. The number of amides is 2. The standard InChI is InChI=1S/C28H36FN3O2/c1-19(33)22-5-4-6-25(18-22)31-28(34)32-27-8-3-2-7-26(27)30-24-15-11-21(12-16-24)17-20-9-13-23(29)14-10-20/h4-6,9-10,13-14,18,21,24,26-27,30H,2-3,7-8,11-12,15-17H2,1H3,(H2,31,32,34)/t21?,24?,26-,27-/m1/s1. The number of benzene rings is 2. The number of urea groups is 1. The Labute approximate surface area is 201 Å². The molecule has 5 nitrogen and oxygen atoms in total. The molecule has 182 valence electrons. The first-order chi connectivity index (χ1) is 16.5. The average molecular weight is 466 g/mol. The Morgan fingerprint density at radius 2 is 1.62 bits per heavy atom. The van der Waals surface area contributed by atoms with Crippen LogP contribution >= 0.6 is 0 Å². The molecule has 0 heterocycles. The van der Waals surface area contributed by atoms with Crippen molar-refractivity contribution in [2.45, 2.75) is 82.8 Å². The van der Waals surface area contributed by atoms with Gasteiger partial charge in [0, 0.05) is 29.4 Å². The van der Waals surface area contributed by atoms with Crippen molar-refractivity contribution in [2.75, 3.05) is 5.32 Å². The van der Waals surface area contributed by atoms with Crippen molar-refractivity contribution in [1.82, 2.24) is 10.6 Å². The molecule has 6 heteroatoms. The van der Waals surface area contributed by atoms with Gasteiger partial charge in [-0.1, -0.05) is 37.1 Å². The number of nitrogens with one attached hydrogen (secondary N) is 3. The third-order valence-corrected chi connectivity index (χ3v) is 7.34. The van der Waals surface area contributed by atoms with Gasteiger partial charge >= 0.3 is 6.03 Å². The molecule has 34 heavy (non-hydrogen) atoms. The minimum atomic E-state index is -0.220. The number of anilines is 1. The Balaban J connectivity index is 1.25. The Kier molecular flexibility index (Phi) is 8.33. The van der Waals surface area contributed by atoms with E-state index in [0.29, 0.717) is 23.2 Å². The second-order valence-corrected chi connectivity index (χ2v) is 9.95. The summed E-state index contributed by atoms with van der Waals surface area (Å²) in [5.41, 5.74) is 2.43. The summed E-state index contributed by atoms with van der Waals surface area (Å²) < 4.78 is 13.2. The number of hydrogen-bond acceptors (Lipinski definition) is 3. The van der Waals surface area contributed by atoms with E-state index in [1.165, 1.54) is 31.7 Å². The molecule has 0 saturated heterocycles. The summed E-state index contributed by atoms with van der Waals surface area (Å²) in [6.45, 7) is 1.52. The van der Waals surface area contributed by atoms with Gasteiger partial charge in [-0.25, -0.2) is 9.18 Å². The van der Waals surface area contributed by atoms with E-state index >= 15 is 0 Å². The van der Waals surface area contributed by atoms with E-state index in [4.69, 9.17) is 0 Å².